The summed E-state index contributed by atoms with van der Waals surface area (Å²) in [5.41, 5.74) is 1.58. The van der Waals surface area contributed by atoms with E-state index in [0.29, 0.717) is 11.3 Å². The van der Waals surface area contributed by atoms with Crippen molar-refractivity contribution in [3.8, 4) is 0 Å². The molecule has 0 aliphatic rings. The van der Waals surface area contributed by atoms with E-state index >= 15 is 0 Å². The average Bonchev–Trinajstić information content (AvgIpc) is 2.21. The summed E-state index contributed by atoms with van der Waals surface area (Å²) in [6, 6.07) is 6.77. The molecule has 3 nitrogen and oxygen atoms in total. The third kappa shape index (κ3) is 2.84. The first-order valence-electron chi connectivity index (χ1n) is 4.27. The van der Waals surface area contributed by atoms with Gasteiger partial charge in [-0.2, -0.15) is 4.99 Å². The van der Waals surface area contributed by atoms with Crippen LogP contribution in [0.3, 0.4) is 0 Å². The molecule has 0 bridgehead atoms. The number of benzene rings is 1. The maximum atomic E-state index is 10.8. The molecule has 4 heteroatoms. The van der Waals surface area contributed by atoms with Gasteiger partial charge in [0.25, 0.3) is 0 Å². The predicted molar refractivity (Wildman–Crippen MR) is 62.4 cm³/mol. The summed E-state index contributed by atoms with van der Waals surface area (Å²) in [5, 5.41) is 11.1. The van der Waals surface area contributed by atoms with Gasteiger partial charge >= 0.3 is 5.97 Å². The van der Waals surface area contributed by atoms with Crippen molar-refractivity contribution in [3.05, 3.63) is 35.9 Å². The first-order valence-corrected chi connectivity index (χ1v) is 4.67. The molecule has 0 aromatic heterocycles. The second kappa shape index (κ2) is 5.20. The van der Waals surface area contributed by atoms with E-state index in [0.717, 1.165) is 0 Å². The standard InChI is InChI=1S/C11H9NO2S/c1-2-10(11(13)14)8-3-5-9(6-4-8)12-7-15/h2-6H,1H3,(H,13,14)/b10-2-. The largest absolute Gasteiger partial charge is 0.478 e. The molecule has 0 unspecified atom stereocenters. The number of carboxylic acid groups (broad SMARTS) is 1. The summed E-state index contributed by atoms with van der Waals surface area (Å²) in [4.78, 5) is 14.6. The van der Waals surface area contributed by atoms with Gasteiger partial charge in [-0.05, 0) is 36.8 Å². The van der Waals surface area contributed by atoms with Gasteiger partial charge in [-0.15, -0.1) is 0 Å². The molecule has 1 N–H and O–H groups in total. The summed E-state index contributed by atoms with van der Waals surface area (Å²) in [6.45, 7) is 1.69. The van der Waals surface area contributed by atoms with Crippen LogP contribution in [0.2, 0.25) is 0 Å². The van der Waals surface area contributed by atoms with E-state index in [-0.39, 0.29) is 5.57 Å². The third-order valence-corrected chi connectivity index (χ3v) is 1.96. The number of nitrogens with zero attached hydrogens (tertiary/aromatic N) is 1. The van der Waals surface area contributed by atoms with Crippen LogP contribution < -0.4 is 0 Å². The van der Waals surface area contributed by atoms with Crippen LogP contribution in [-0.4, -0.2) is 16.2 Å². The lowest BCUT2D eigenvalue weighted by atomic mass is 10.1. The number of rotatable bonds is 3. The zero-order valence-corrected chi connectivity index (χ0v) is 8.91. The van der Waals surface area contributed by atoms with E-state index in [4.69, 9.17) is 5.11 Å². The number of thiocarbonyl (C=S) groups is 1. The quantitative estimate of drug-likeness (QED) is 0.483. The van der Waals surface area contributed by atoms with Gasteiger partial charge in [0.2, 0.25) is 0 Å². The Bertz CT molecular complexity index is 442. The zero-order valence-electron chi connectivity index (χ0n) is 8.10. The van der Waals surface area contributed by atoms with Crippen LogP contribution in [-0.2, 0) is 4.79 Å². The van der Waals surface area contributed by atoms with Gasteiger partial charge < -0.3 is 5.11 Å². The summed E-state index contributed by atoms with van der Waals surface area (Å²) >= 11 is 4.46. The van der Waals surface area contributed by atoms with Crippen molar-refractivity contribution in [1.29, 1.82) is 0 Å². The number of hydrogen-bond donors (Lipinski definition) is 1. The number of carbonyl (C=O) groups is 1. The fourth-order valence-electron chi connectivity index (χ4n) is 1.18. The lowest BCUT2D eigenvalue weighted by Gasteiger charge is -2.01. The number of allylic oxidation sites excluding steroid dienone is 1. The Kier molecular flexibility index (Phi) is 3.92. The van der Waals surface area contributed by atoms with E-state index in [2.05, 4.69) is 22.4 Å². The number of carboxylic acids is 1. The molecule has 76 valence electrons. The minimum atomic E-state index is -0.941. The number of hydrogen-bond acceptors (Lipinski definition) is 3. The van der Waals surface area contributed by atoms with Crippen molar-refractivity contribution in [2.45, 2.75) is 6.92 Å². The second-order valence-electron chi connectivity index (χ2n) is 2.76. The predicted octanol–water partition coefficient (Wildman–Crippen LogP) is 2.91. The Balaban J connectivity index is 3.08. The van der Waals surface area contributed by atoms with Crippen molar-refractivity contribution in [2.24, 2.45) is 4.99 Å². The van der Waals surface area contributed by atoms with E-state index in [1.54, 1.807) is 37.3 Å². The summed E-state index contributed by atoms with van der Waals surface area (Å²) in [6.07, 6.45) is 1.56. The molecule has 0 fully saturated rings. The topological polar surface area (TPSA) is 49.7 Å². The average molecular weight is 219 g/mol. The van der Waals surface area contributed by atoms with Crippen LogP contribution in [0, 0.1) is 0 Å². The lowest BCUT2D eigenvalue weighted by Crippen LogP contribution is -1.98. The Morgan fingerprint density at radius 3 is 2.47 bits per heavy atom. The van der Waals surface area contributed by atoms with Crippen molar-refractivity contribution in [1.82, 2.24) is 0 Å². The first kappa shape index (κ1) is 11.3. The highest BCUT2D eigenvalue weighted by Crippen LogP contribution is 2.18. The zero-order chi connectivity index (χ0) is 11.3. The number of isothiocyanates is 1. The minimum Gasteiger partial charge on any atom is -0.478 e. The van der Waals surface area contributed by atoms with Crippen LogP contribution in [0.15, 0.2) is 35.3 Å². The number of aliphatic carboxylic acids is 1. The van der Waals surface area contributed by atoms with Crippen LogP contribution in [0.1, 0.15) is 12.5 Å². The molecular formula is C11H9NO2S. The molecule has 1 aromatic rings. The fraction of sp³-hybridized carbons (Fsp3) is 0.0909. The molecule has 1 aromatic carbocycles. The van der Waals surface area contributed by atoms with Crippen molar-refractivity contribution in [2.75, 3.05) is 0 Å². The monoisotopic (exact) mass is 219 g/mol. The van der Waals surface area contributed by atoms with Gasteiger partial charge in [0, 0.05) is 0 Å². The molecule has 0 spiro atoms. The normalized spacial score (nSPS) is 10.6. The van der Waals surface area contributed by atoms with Gasteiger partial charge in [0.1, 0.15) is 0 Å². The maximum Gasteiger partial charge on any atom is 0.335 e. The van der Waals surface area contributed by atoms with Crippen molar-refractivity contribution in [3.63, 3.8) is 0 Å². The summed E-state index contributed by atoms with van der Waals surface area (Å²) in [5.74, 6) is -0.941. The SMILES string of the molecule is C/C=C(\C(=O)O)c1ccc(N=C=S)cc1. The maximum absolute atomic E-state index is 10.8. The van der Waals surface area contributed by atoms with Crippen LogP contribution >= 0.6 is 12.2 Å². The van der Waals surface area contributed by atoms with Crippen LogP contribution in [0.5, 0.6) is 0 Å². The van der Waals surface area contributed by atoms with Gasteiger partial charge in [-0.3, -0.25) is 0 Å². The van der Waals surface area contributed by atoms with Crippen molar-refractivity contribution >= 4 is 34.6 Å². The van der Waals surface area contributed by atoms with Gasteiger partial charge in [0.05, 0.1) is 16.4 Å². The third-order valence-electron chi connectivity index (χ3n) is 1.87. The van der Waals surface area contributed by atoms with Crippen LogP contribution in [0.25, 0.3) is 5.57 Å². The van der Waals surface area contributed by atoms with Crippen molar-refractivity contribution < 1.29 is 9.90 Å². The van der Waals surface area contributed by atoms with Gasteiger partial charge in [-0.25, -0.2) is 4.79 Å². The first-order chi connectivity index (χ1) is 7.19. The Hall–Kier alpha value is -1.77. The molecular weight excluding hydrogens is 210 g/mol. The van der Waals surface area contributed by atoms with E-state index in [9.17, 15) is 4.79 Å². The fourth-order valence-corrected chi connectivity index (χ4v) is 1.29. The Morgan fingerprint density at radius 1 is 1.47 bits per heavy atom. The molecule has 15 heavy (non-hydrogen) atoms. The minimum absolute atomic E-state index is 0.271. The number of aliphatic imine (C=N–C) groups is 1. The molecule has 0 atom stereocenters. The Morgan fingerprint density at radius 2 is 2.07 bits per heavy atom. The molecule has 0 saturated heterocycles. The van der Waals surface area contributed by atoms with E-state index in [1.807, 2.05) is 0 Å². The molecule has 1 rings (SSSR count). The molecule has 0 heterocycles. The summed E-state index contributed by atoms with van der Waals surface area (Å²) in [7, 11) is 0. The summed E-state index contributed by atoms with van der Waals surface area (Å²) < 4.78 is 0. The Labute approximate surface area is 92.8 Å². The lowest BCUT2D eigenvalue weighted by molar-refractivity contribution is -0.130. The highest BCUT2D eigenvalue weighted by atomic mass is 32.1. The smallest absolute Gasteiger partial charge is 0.335 e. The van der Waals surface area contributed by atoms with E-state index in [1.165, 1.54) is 0 Å². The molecule has 0 saturated carbocycles. The second-order valence-corrected chi connectivity index (χ2v) is 2.94. The molecule has 0 aliphatic heterocycles. The van der Waals surface area contributed by atoms with Gasteiger partial charge in [0.15, 0.2) is 0 Å². The highest BCUT2D eigenvalue weighted by Gasteiger charge is 2.07. The molecule has 0 aliphatic carbocycles. The van der Waals surface area contributed by atoms with E-state index < -0.39 is 5.97 Å². The molecule has 0 amide bonds. The molecule has 0 radical (unpaired) electrons. The van der Waals surface area contributed by atoms with Crippen LogP contribution in [0.4, 0.5) is 5.69 Å². The van der Waals surface area contributed by atoms with Gasteiger partial charge in [-0.1, -0.05) is 18.2 Å². The highest BCUT2D eigenvalue weighted by molar-refractivity contribution is 7.78.